The number of benzene rings is 1. The Balaban J connectivity index is 2.45. The lowest BCUT2D eigenvalue weighted by molar-refractivity contribution is -0.125. The number of carbonyl (C=O) groups is 2. The van der Waals surface area contributed by atoms with Gasteiger partial charge in [0, 0.05) is 6.42 Å². The van der Waals surface area contributed by atoms with E-state index < -0.39 is 12.1 Å². The Morgan fingerprint density at radius 1 is 1.53 bits per heavy atom. The number of rotatable bonds is 1. The second-order valence-electron chi connectivity index (χ2n) is 3.48. The molecule has 1 unspecified atom stereocenters. The minimum Gasteiger partial charge on any atom is -0.450 e. The number of ketones is 1. The number of hydrogen-bond donors (Lipinski definition) is 0. The summed E-state index contributed by atoms with van der Waals surface area (Å²) in [6.07, 6.45) is -0.250. The van der Waals surface area contributed by atoms with Crippen LogP contribution >= 0.6 is 11.6 Å². The zero-order valence-corrected chi connectivity index (χ0v) is 8.88. The molecule has 0 aromatic heterocycles. The standard InChI is InChI=1S/C11H9ClO3/c1-6(13)9-5-7-3-2-4-8(12)10(7)11(14)15-9/h2-4,9H,5H2,1H3. The number of Topliss-reactive ketones (excluding diaryl/α,β-unsaturated/α-hetero) is 1. The molecule has 0 N–H and O–H groups in total. The molecule has 1 aromatic rings. The predicted molar refractivity (Wildman–Crippen MR) is 55.0 cm³/mol. The largest absolute Gasteiger partial charge is 0.450 e. The zero-order chi connectivity index (χ0) is 11.0. The van der Waals surface area contributed by atoms with Crippen molar-refractivity contribution in [3.05, 3.63) is 34.3 Å². The Bertz CT molecular complexity index is 439. The fourth-order valence-electron chi connectivity index (χ4n) is 1.62. The van der Waals surface area contributed by atoms with Gasteiger partial charge in [-0.3, -0.25) is 4.79 Å². The molecule has 0 bridgehead atoms. The van der Waals surface area contributed by atoms with E-state index in [1.807, 2.05) is 0 Å². The summed E-state index contributed by atoms with van der Waals surface area (Å²) >= 11 is 5.88. The van der Waals surface area contributed by atoms with Crippen LogP contribution in [0, 0.1) is 0 Å². The zero-order valence-electron chi connectivity index (χ0n) is 8.12. The summed E-state index contributed by atoms with van der Waals surface area (Å²) < 4.78 is 4.98. The summed E-state index contributed by atoms with van der Waals surface area (Å²) in [6.45, 7) is 1.41. The molecule has 1 aliphatic heterocycles. The second-order valence-corrected chi connectivity index (χ2v) is 3.89. The highest BCUT2D eigenvalue weighted by atomic mass is 35.5. The molecule has 1 heterocycles. The summed E-state index contributed by atoms with van der Waals surface area (Å²) in [4.78, 5) is 22.7. The average Bonchev–Trinajstić information content (AvgIpc) is 2.17. The molecule has 0 spiro atoms. The molecule has 1 aromatic carbocycles. The van der Waals surface area contributed by atoms with E-state index >= 15 is 0 Å². The van der Waals surface area contributed by atoms with Crippen molar-refractivity contribution < 1.29 is 14.3 Å². The van der Waals surface area contributed by atoms with E-state index in [1.54, 1.807) is 18.2 Å². The van der Waals surface area contributed by atoms with E-state index in [-0.39, 0.29) is 5.78 Å². The van der Waals surface area contributed by atoms with Crippen LogP contribution in [0.2, 0.25) is 5.02 Å². The summed E-state index contributed by atoms with van der Waals surface area (Å²) in [5.74, 6) is -0.656. The number of halogens is 1. The van der Waals surface area contributed by atoms with Crippen LogP contribution in [0.4, 0.5) is 0 Å². The predicted octanol–water partition coefficient (Wildman–Crippen LogP) is 2.01. The first-order valence-corrected chi connectivity index (χ1v) is 4.96. The van der Waals surface area contributed by atoms with E-state index in [9.17, 15) is 9.59 Å². The van der Waals surface area contributed by atoms with Gasteiger partial charge in [0.1, 0.15) is 0 Å². The third kappa shape index (κ3) is 1.75. The molecule has 2 rings (SSSR count). The van der Waals surface area contributed by atoms with Gasteiger partial charge in [-0.1, -0.05) is 23.7 Å². The van der Waals surface area contributed by atoms with E-state index in [0.717, 1.165) is 5.56 Å². The van der Waals surface area contributed by atoms with Gasteiger partial charge in [0.15, 0.2) is 11.9 Å². The molecule has 78 valence electrons. The third-order valence-electron chi connectivity index (χ3n) is 2.41. The van der Waals surface area contributed by atoms with Gasteiger partial charge in [-0.25, -0.2) is 4.79 Å². The molecule has 0 saturated heterocycles. The van der Waals surface area contributed by atoms with Crippen LogP contribution in [0.5, 0.6) is 0 Å². The van der Waals surface area contributed by atoms with Crippen LogP contribution in [-0.2, 0) is 16.0 Å². The van der Waals surface area contributed by atoms with E-state index in [4.69, 9.17) is 16.3 Å². The molecule has 0 fully saturated rings. The average molecular weight is 225 g/mol. The van der Waals surface area contributed by atoms with Crippen molar-refractivity contribution in [2.24, 2.45) is 0 Å². The maximum absolute atomic E-state index is 11.6. The van der Waals surface area contributed by atoms with Gasteiger partial charge in [0.05, 0.1) is 10.6 Å². The molecule has 15 heavy (non-hydrogen) atoms. The van der Waals surface area contributed by atoms with Crippen molar-refractivity contribution in [3.63, 3.8) is 0 Å². The first-order chi connectivity index (χ1) is 7.09. The molecule has 1 aliphatic rings. The van der Waals surface area contributed by atoms with Gasteiger partial charge in [-0.05, 0) is 18.6 Å². The summed E-state index contributed by atoms with van der Waals surface area (Å²) in [6, 6.07) is 5.18. The van der Waals surface area contributed by atoms with Crippen LogP contribution in [-0.4, -0.2) is 17.9 Å². The highest BCUT2D eigenvalue weighted by Gasteiger charge is 2.30. The van der Waals surface area contributed by atoms with Gasteiger partial charge >= 0.3 is 5.97 Å². The highest BCUT2D eigenvalue weighted by molar-refractivity contribution is 6.33. The van der Waals surface area contributed by atoms with Gasteiger partial charge < -0.3 is 4.74 Å². The van der Waals surface area contributed by atoms with Crippen molar-refractivity contribution in [2.45, 2.75) is 19.4 Å². The van der Waals surface area contributed by atoms with Gasteiger partial charge in [-0.2, -0.15) is 0 Å². The molecule has 3 nitrogen and oxygen atoms in total. The van der Waals surface area contributed by atoms with Crippen molar-refractivity contribution in [3.8, 4) is 0 Å². The first kappa shape index (κ1) is 10.2. The van der Waals surface area contributed by atoms with Gasteiger partial charge in [0.2, 0.25) is 0 Å². The van der Waals surface area contributed by atoms with Gasteiger partial charge in [-0.15, -0.1) is 0 Å². The van der Waals surface area contributed by atoms with Crippen LogP contribution in [0.1, 0.15) is 22.8 Å². The monoisotopic (exact) mass is 224 g/mol. The molecule has 0 aliphatic carbocycles. The van der Waals surface area contributed by atoms with Crippen molar-refractivity contribution in [1.82, 2.24) is 0 Å². The van der Waals surface area contributed by atoms with Crippen LogP contribution < -0.4 is 0 Å². The molecule has 0 amide bonds. The fraction of sp³-hybridized carbons (Fsp3) is 0.273. The van der Waals surface area contributed by atoms with E-state index in [1.165, 1.54) is 6.92 Å². The van der Waals surface area contributed by atoms with Crippen LogP contribution in [0.15, 0.2) is 18.2 Å². The third-order valence-corrected chi connectivity index (χ3v) is 2.73. The highest BCUT2D eigenvalue weighted by Crippen LogP contribution is 2.27. The molecule has 1 atom stereocenters. The molecule has 4 heteroatoms. The maximum Gasteiger partial charge on any atom is 0.340 e. The minimum atomic E-state index is -0.663. The summed E-state index contributed by atoms with van der Waals surface area (Å²) in [5.41, 5.74) is 1.16. The first-order valence-electron chi connectivity index (χ1n) is 4.58. The fourth-order valence-corrected chi connectivity index (χ4v) is 1.90. The number of fused-ring (bicyclic) bond motifs is 1. The van der Waals surface area contributed by atoms with E-state index in [2.05, 4.69) is 0 Å². The lowest BCUT2D eigenvalue weighted by Gasteiger charge is -2.23. The Hall–Kier alpha value is -1.35. The lowest BCUT2D eigenvalue weighted by atomic mass is 9.97. The number of hydrogen-bond acceptors (Lipinski definition) is 3. The number of cyclic esters (lactones) is 1. The normalized spacial score (nSPS) is 19.3. The van der Waals surface area contributed by atoms with Gasteiger partial charge in [0.25, 0.3) is 0 Å². The molecule has 0 radical (unpaired) electrons. The Kier molecular flexibility index (Phi) is 2.49. The Morgan fingerprint density at radius 2 is 2.27 bits per heavy atom. The minimum absolute atomic E-state index is 0.144. The van der Waals surface area contributed by atoms with E-state index in [0.29, 0.717) is 17.0 Å². The number of carbonyl (C=O) groups excluding carboxylic acids is 2. The van der Waals surface area contributed by atoms with Crippen molar-refractivity contribution in [2.75, 3.05) is 0 Å². The number of ether oxygens (including phenoxy) is 1. The second kappa shape index (κ2) is 3.66. The summed E-state index contributed by atoms with van der Waals surface area (Å²) in [7, 11) is 0. The quantitative estimate of drug-likeness (QED) is 0.686. The Labute approximate surface area is 92.0 Å². The lowest BCUT2D eigenvalue weighted by Crippen LogP contribution is -2.33. The van der Waals surface area contributed by atoms with Crippen molar-refractivity contribution in [1.29, 1.82) is 0 Å². The molecular weight excluding hydrogens is 216 g/mol. The number of esters is 1. The van der Waals surface area contributed by atoms with Crippen LogP contribution in [0.3, 0.4) is 0 Å². The molecular formula is C11H9ClO3. The topological polar surface area (TPSA) is 43.4 Å². The SMILES string of the molecule is CC(=O)C1Cc2cccc(Cl)c2C(=O)O1. The maximum atomic E-state index is 11.6. The Morgan fingerprint density at radius 3 is 2.93 bits per heavy atom. The smallest absolute Gasteiger partial charge is 0.340 e. The summed E-state index contributed by atoms with van der Waals surface area (Å²) in [5, 5.41) is 0.375. The molecule has 0 saturated carbocycles. The van der Waals surface area contributed by atoms with Crippen molar-refractivity contribution >= 4 is 23.4 Å². The van der Waals surface area contributed by atoms with Crippen LogP contribution in [0.25, 0.3) is 0 Å².